The molecule has 4 nitrogen and oxygen atoms in total. The Morgan fingerprint density at radius 1 is 0.919 bits per heavy atom. The maximum Gasteiger partial charge on any atom is 0.419 e. The molecule has 1 fully saturated rings. The maximum atomic E-state index is 13.3. The van der Waals surface area contributed by atoms with Gasteiger partial charge in [0.25, 0.3) is 0 Å². The second-order valence-corrected chi connectivity index (χ2v) is 9.28. The smallest absolute Gasteiger partial charge is 0.419 e. The molecule has 1 heterocycles. The first kappa shape index (κ1) is 24.8. The average Bonchev–Trinajstić information content (AvgIpc) is 2.92. The number of benzene rings is 4. The second kappa shape index (κ2) is 10.6. The molecule has 0 spiro atoms. The highest BCUT2D eigenvalue weighted by molar-refractivity contribution is 5.96. The van der Waals surface area contributed by atoms with Crippen LogP contribution >= 0.6 is 0 Å². The summed E-state index contributed by atoms with van der Waals surface area (Å²) in [4.78, 5) is 13.3. The van der Waals surface area contributed by atoms with Crippen molar-refractivity contribution in [2.24, 2.45) is 5.92 Å². The molecule has 4 aromatic rings. The van der Waals surface area contributed by atoms with Gasteiger partial charge < -0.3 is 15.4 Å². The zero-order chi connectivity index (χ0) is 25.8. The van der Waals surface area contributed by atoms with Gasteiger partial charge in [-0.15, -0.1) is 0 Å². The van der Waals surface area contributed by atoms with Gasteiger partial charge in [0.1, 0.15) is 12.4 Å². The Kier molecular flexibility index (Phi) is 7.15. The Balaban J connectivity index is 1.26. The van der Waals surface area contributed by atoms with Crippen LogP contribution in [0.25, 0.3) is 10.8 Å². The molecule has 5 rings (SSSR count). The molecule has 0 bridgehead atoms. The lowest BCUT2D eigenvalue weighted by Crippen LogP contribution is -2.42. The van der Waals surface area contributed by atoms with E-state index in [4.69, 9.17) is 4.74 Å². The molecule has 190 valence electrons. The lowest BCUT2D eigenvalue weighted by molar-refractivity contribution is -0.139. The first-order valence-electron chi connectivity index (χ1n) is 12.3. The van der Waals surface area contributed by atoms with Crippen molar-refractivity contribution in [2.75, 3.05) is 18.4 Å². The van der Waals surface area contributed by atoms with Crippen LogP contribution in [0, 0.1) is 5.92 Å². The summed E-state index contributed by atoms with van der Waals surface area (Å²) in [5.74, 6) is -0.449. The summed E-state index contributed by atoms with van der Waals surface area (Å²) < 4.78 is 45.2. The van der Waals surface area contributed by atoms with E-state index >= 15 is 0 Å². The van der Waals surface area contributed by atoms with Gasteiger partial charge in [-0.3, -0.25) is 4.79 Å². The van der Waals surface area contributed by atoms with Crippen molar-refractivity contribution in [3.05, 3.63) is 108 Å². The van der Waals surface area contributed by atoms with Crippen molar-refractivity contribution in [3.8, 4) is 5.75 Å². The van der Waals surface area contributed by atoms with Crippen LogP contribution in [0.2, 0.25) is 0 Å². The van der Waals surface area contributed by atoms with E-state index in [2.05, 4.69) is 10.6 Å². The number of alkyl halides is 3. The van der Waals surface area contributed by atoms with E-state index in [1.165, 1.54) is 18.2 Å². The minimum atomic E-state index is -4.47. The van der Waals surface area contributed by atoms with Crippen LogP contribution < -0.4 is 15.4 Å². The SMILES string of the molecule is O=C(Nc1ccc2ccccc2c1)C1CNCCC1c1ccc(COc2ccccc2C(F)(F)F)cc1. The minimum absolute atomic E-state index is 0.0193. The van der Waals surface area contributed by atoms with Crippen LogP contribution in [-0.2, 0) is 17.6 Å². The average molecular weight is 505 g/mol. The number of anilines is 1. The van der Waals surface area contributed by atoms with Crippen molar-refractivity contribution in [1.29, 1.82) is 0 Å². The number of piperidine rings is 1. The van der Waals surface area contributed by atoms with Crippen LogP contribution in [-0.4, -0.2) is 19.0 Å². The minimum Gasteiger partial charge on any atom is -0.488 e. The van der Waals surface area contributed by atoms with Gasteiger partial charge in [0.05, 0.1) is 11.5 Å². The highest BCUT2D eigenvalue weighted by Crippen LogP contribution is 2.36. The Labute approximate surface area is 213 Å². The summed E-state index contributed by atoms with van der Waals surface area (Å²) in [5, 5.41) is 8.58. The van der Waals surface area contributed by atoms with Crippen LogP contribution in [0.1, 0.15) is 29.0 Å². The van der Waals surface area contributed by atoms with E-state index in [1.54, 1.807) is 0 Å². The van der Waals surface area contributed by atoms with Gasteiger partial charge >= 0.3 is 6.18 Å². The molecule has 1 saturated heterocycles. The summed E-state index contributed by atoms with van der Waals surface area (Å²) in [6.45, 7) is 1.40. The fourth-order valence-corrected chi connectivity index (χ4v) is 4.88. The predicted molar refractivity (Wildman–Crippen MR) is 139 cm³/mol. The van der Waals surface area contributed by atoms with Gasteiger partial charge in [-0.25, -0.2) is 0 Å². The van der Waals surface area contributed by atoms with Gasteiger partial charge in [-0.05, 0) is 65.0 Å². The Bertz CT molecular complexity index is 1390. The van der Waals surface area contributed by atoms with Gasteiger partial charge in [-0.1, -0.05) is 66.7 Å². The summed E-state index contributed by atoms with van der Waals surface area (Å²) in [6, 6.07) is 26.7. The molecule has 2 unspecified atom stereocenters. The van der Waals surface area contributed by atoms with Crippen LogP contribution in [0.5, 0.6) is 5.75 Å². The third-order valence-corrected chi connectivity index (χ3v) is 6.83. The topological polar surface area (TPSA) is 50.4 Å². The molecule has 2 N–H and O–H groups in total. The molecule has 2 atom stereocenters. The Morgan fingerprint density at radius 2 is 1.65 bits per heavy atom. The maximum absolute atomic E-state index is 13.3. The highest BCUT2D eigenvalue weighted by Gasteiger charge is 2.34. The third-order valence-electron chi connectivity index (χ3n) is 6.83. The molecule has 4 aromatic carbocycles. The monoisotopic (exact) mass is 504 g/mol. The van der Waals surface area contributed by atoms with Crippen LogP contribution in [0.4, 0.5) is 18.9 Å². The summed E-state index contributed by atoms with van der Waals surface area (Å²) in [6.07, 6.45) is -3.66. The molecular formula is C30H27F3N2O2. The summed E-state index contributed by atoms with van der Waals surface area (Å²) in [7, 11) is 0. The molecule has 1 aliphatic heterocycles. The molecule has 0 aromatic heterocycles. The van der Waals surface area contributed by atoms with Crippen molar-refractivity contribution in [3.63, 3.8) is 0 Å². The molecule has 0 aliphatic carbocycles. The van der Waals surface area contributed by atoms with Gasteiger partial charge in [0, 0.05) is 12.2 Å². The first-order chi connectivity index (χ1) is 17.9. The molecule has 1 amide bonds. The largest absolute Gasteiger partial charge is 0.488 e. The van der Waals surface area contributed by atoms with E-state index in [0.717, 1.165) is 46.6 Å². The van der Waals surface area contributed by atoms with Crippen LogP contribution in [0.15, 0.2) is 91.0 Å². The number of carbonyl (C=O) groups excluding carboxylic acids is 1. The van der Waals surface area contributed by atoms with Crippen molar-refractivity contribution < 1.29 is 22.7 Å². The zero-order valence-corrected chi connectivity index (χ0v) is 20.1. The van der Waals surface area contributed by atoms with Crippen molar-refractivity contribution in [1.82, 2.24) is 5.32 Å². The normalized spacial score (nSPS) is 17.9. The lowest BCUT2D eigenvalue weighted by atomic mass is 9.80. The number of hydrogen-bond acceptors (Lipinski definition) is 3. The third kappa shape index (κ3) is 5.78. The van der Waals surface area contributed by atoms with Gasteiger partial charge in [0.2, 0.25) is 5.91 Å². The Morgan fingerprint density at radius 3 is 2.43 bits per heavy atom. The number of hydrogen-bond donors (Lipinski definition) is 2. The predicted octanol–water partition coefficient (Wildman–Crippen LogP) is 6.77. The number of carbonyl (C=O) groups is 1. The van der Waals surface area contributed by atoms with E-state index < -0.39 is 11.7 Å². The molecule has 7 heteroatoms. The number of amides is 1. The second-order valence-electron chi connectivity index (χ2n) is 9.28. The number of ether oxygens (including phenoxy) is 1. The van der Waals surface area contributed by atoms with E-state index in [-0.39, 0.29) is 30.1 Å². The standard InChI is InChI=1S/C30H27F3N2O2/c31-30(32,33)27-7-3-4-8-28(27)37-19-20-9-11-22(12-10-20)25-15-16-34-18-26(25)29(36)35-24-14-13-21-5-1-2-6-23(21)17-24/h1-14,17,25-26,34H,15-16,18-19H2,(H,35,36). The number of nitrogens with one attached hydrogen (secondary N) is 2. The van der Waals surface area contributed by atoms with E-state index in [1.807, 2.05) is 66.7 Å². The quantitative estimate of drug-likeness (QED) is 0.305. The van der Waals surface area contributed by atoms with Crippen molar-refractivity contribution in [2.45, 2.75) is 25.1 Å². The van der Waals surface area contributed by atoms with E-state index in [0.29, 0.717) is 6.54 Å². The van der Waals surface area contributed by atoms with E-state index in [9.17, 15) is 18.0 Å². The number of para-hydroxylation sites is 1. The molecule has 0 saturated carbocycles. The first-order valence-corrected chi connectivity index (χ1v) is 12.3. The molecule has 1 aliphatic rings. The number of fused-ring (bicyclic) bond motifs is 1. The van der Waals surface area contributed by atoms with Crippen LogP contribution in [0.3, 0.4) is 0 Å². The summed E-state index contributed by atoms with van der Waals surface area (Å²) >= 11 is 0. The Hall–Kier alpha value is -3.84. The van der Waals surface area contributed by atoms with Gasteiger partial charge in [0.15, 0.2) is 0 Å². The molecule has 0 radical (unpaired) electrons. The summed E-state index contributed by atoms with van der Waals surface area (Å²) in [5.41, 5.74) is 1.76. The lowest BCUT2D eigenvalue weighted by Gasteiger charge is -2.31. The molecule has 37 heavy (non-hydrogen) atoms. The fraction of sp³-hybridized carbons (Fsp3) is 0.233. The highest BCUT2D eigenvalue weighted by atomic mass is 19.4. The zero-order valence-electron chi connectivity index (χ0n) is 20.1. The number of rotatable bonds is 6. The molecular weight excluding hydrogens is 477 g/mol. The van der Waals surface area contributed by atoms with Crippen molar-refractivity contribution >= 4 is 22.4 Å². The number of halogens is 3. The fourth-order valence-electron chi connectivity index (χ4n) is 4.88. The van der Waals surface area contributed by atoms with Gasteiger partial charge in [-0.2, -0.15) is 13.2 Å².